The maximum absolute atomic E-state index is 13.6. The van der Waals surface area contributed by atoms with Crippen molar-refractivity contribution in [2.24, 2.45) is 0 Å². The van der Waals surface area contributed by atoms with E-state index < -0.39 is 0 Å². The maximum Gasteiger partial charge on any atom is 0.126 e. The Labute approximate surface area is 111 Å². The van der Waals surface area contributed by atoms with E-state index in [9.17, 15) is 4.39 Å². The average Bonchev–Trinajstić information content (AvgIpc) is 2.85. The highest BCUT2D eigenvalue weighted by Gasteiger charge is 2.13. The number of likely N-dealkylation sites (N-methyl/N-ethyl adjacent to an activating group) is 1. The second kappa shape index (κ2) is 6.07. The minimum atomic E-state index is -0.144. The van der Waals surface area contributed by atoms with Crippen LogP contribution in [0.4, 0.5) is 4.39 Å². The molecule has 0 saturated carbocycles. The summed E-state index contributed by atoms with van der Waals surface area (Å²) in [5, 5.41) is 6.42. The third kappa shape index (κ3) is 3.15. The third-order valence-electron chi connectivity index (χ3n) is 2.91. The van der Waals surface area contributed by atoms with Crippen LogP contribution >= 0.6 is 11.3 Å². The Hall–Kier alpha value is -1.26. The zero-order chi connectivity index (χ0) is 13.0. The smallest absolute Gasteiger partial charge is 0.126 e. The van der Waals surface area contributed by atoms with Gasteiger partial charge in [0.15, 0.2) is 0 Å². The van der Waals surface area contributed by atoms with Gasteiger partial charge in [0.2, 0.25) is 0 Å². The molecule has 1 unspecified atom stereocenters. The van der Waals surface area contributed by atoms with Gasteiger partial charge in [0.05, 0.1) is 5.01 Å². The van der Waals surface area contributed by atoms with E-state index in [2.05, 4.69) is 17.2 Å². The minimum absolute atomic E-state index is 0.122. The van der Waals surface area contributed by atoms with Crippen molar-refractivity contribution < 1.29 is 4.39 Å². The lowest BCUT2D eigenvalue weighted by Crippen LogP contribution is -2.23. The largest absolute Gasteiger partial charge is 0.310 e. The average molecular weight is 264 g/mol. The highest BCUT2D eigenvalue weighted by Crippen LogP contribution is 2.21. The van der Waals surface area contributed by atoms with Crippen LogP contribution in [0, 0.1) is 12.7 Å². The molecule has 0 spiro atoms. The highest BCUT2D eigenvalue weighted by atomic mass is 32.1. The van der Waals surface area contributed by atoms with E-state index >= 15 is 0 Å². The second-order valence-electron chi connectivity index (χ2n) is 4.25. The van der Waals surface area contributed by atoms with Gasteiger partial charge in [-0.3, -0.25) is 0 Å². The van der Waals surface area contributed by atoms with Crippen molar-refractivity contribution in [3.05, 3.63) is 51.7 Å². The van der Waals surface area contributed by atoms with Crippen molar-refractivity contribution in [1.29, 1.82) is 0 Å². The van der Waals surface area contributed by atoms with Crippen molar-refractivity contribution in [1.82, 2.24) is 10.3 Å². The molecule has 1 atom stereocenters. The van der Waals surface area contributed by atoms with Gasteiger partial charge in [-0.05, 0) is 30.7 Å². The predicted molar refractivity (Wildman–Crippen MR) is 73.4 cm³/mol. The Morgan fingerprint density at radius 2 is 2.28 bits per heavy atom. The molecule has 0 amide bonds. The lowest BCUT2D eigenvalue weighted by molar-refractivity contribution is 0.540. The van der Waals surface area contributed by atoms with Gasteiger partial charge in [-0.2, -0.15) is 0 Å². The summed E-state index contributed by atoms with van der Waals surface area (Å²) in [4.78, 5) is 4.29. The molecule has 1 N–H and O–H groups in total. The van der Waals surface area contributed by atoms with Crippen LogP contribution in [0.2, 0.25) is 0 Å². The number of thiazole rings is 1. The monoisotopic (exact) mass is 264 g/mol. The quantitative estimate of drug-likeness (QED) is 0.894. The highest BCUT2D eigenvalue weighted by molar-refractivity contribution is 7.09. The van der Waals surface area contributed by atoms with Crippen LogP contribution in [0.25, 0.3) is 0 Å². The van der Waals surface area contributed by atoms with E-state index in [4.69, 9.17) is 0 Å². The summed E-state index contributed by atoms with van der Waals surface area (Å²) in [7, 11) is 0. The zero-order valence-corrected chi connectivity index (χ0v) is 11.4. The first-order valence-corrected chi connectivity index (χ1v) is 6.96. The molecule has 96 valence electrons. The van der Waals surface area contributed by atoms with Crippen molar-refractivity contribution in [2.75, 3.05) is 6.54 Å². The van der Waals surface area contributed by atoms with Crippen LogP contribution in [0.1, 0.15) is 29.1 Å². The molecule has 0 aliphatic rings. The van der Waals surface area contributed by atoms with E-state index in [0.29, 0.717) is 5.56 Å². The summed E-state index contributed by atoms with van der Waals surface area (Å²) >= 11 is 1.63. The van der Waals surface area contributed by atoms with Crippen molar-refractivity contribution in [3.8, 4) is 0 Å². The van der Waals surface area contributed by atoms with Gasteiger partial charge < -0.3 is 5.32 Å². The normalized spacial score (nSPS) is 12.6. The number of benzene rings is 1. The Morgan fingerprint density at radius 3 is 2.89 bits per heavy atom. The molecule has 1 aromatic heterocycles. The van der Waals surface area contributed by atoms with Crippen molar-refractivity contribution in [2.45, 2.75) is 26.3 Å². The van der Waals surface area contributed by atoms with Crippen molar-refractivity contribution in [3.63, 3.8) is 0 Å². The summed E-state index contributed by atoms with van der Waals surface area (Å²) in [6.07, 6.45) is 2.60. The number of nitrogens with one attached hydrogen (secondary N) is 1. The van der Waals surface area contributed by atoms with E-state index in [1.165, 1.54) is 0 Å². The summed E-state index contributed by atoms with van der Waals surface area (Å²) < 4.78 is 13.6. The lowest BCUT2D eigenvalue weighted by Gasteiger charge is -2.17. The molecule has 2 aromatic rings. The number of halogens is 1. The van der Waals surface area contributed by atoms with Crippen molar-refractivity contribution >= 4 is 11.3 Å². The minimum Gasteiger partial charge on any atom is -0.310 e. The van der Waals surface area contributed by atoms with Crippen LogP contribution in [-0.4, -0.2) is 11.5 Å². The van der Waals surface area contributed by atoms with Gasteiger partial charge >= 0.3 is 0 Å². The molecule has 0 saturated heterocycles. The third-order valence-corrected chi connectivity index (χ3v) is 3.71. The molecular weight excluding hydrogens is 247 g/mol. The fourth-order valence-corrected chi connectivity index (χ4v) is 2.57. The molecule has 0 aliphatic heterocycles. The van der Waals surface area contributed by atoms with Gasteiger partial charge in [-0.25, -0.2) is 9.37 Å². The first-order valence-electron chi connectivity index (χ1n) is 6.08. The number of hydrogen-bond acceptors (Lipinski definition) is 3. The SMILES string of the molecule is CCNC(Cc1nccs1)c1ccc(C)c(F)c1. The molecule has 0 fully saturated rings. The van der Waals surface area contributed by atoms with Crippen LogP contribution in [0.5, 0.6) is 0 Å². The Bertz CT molecular complexity index is 497. The van der Waals surface area contributed by atoms with E-state index in [1.54, 1.807) is 30.5 Å². The van der Waals surface area contributed by atoms with Gasteiger partial charge in [0.1, 0.15) is 5.82 Å². The molecule has 2 nitrogen and oxygen atoms in total. The van der Waals surface area contributed by atoms with Crippen LogP contribution in [0.15, 0.2) is 29.8 Å². The summed E-state index contributed by atoms with van der Waals surface area (Å²) in [6.45, 7) is 4.69. The summed E-state index contributed by atoms with van der Waals surface area (Å²) in [6, 6.07) is 5.56. The van der Waals surface area contributed by atoms with Gasteiger partial charge in [0.25, 0.3) is 0 Å². The van der Waals surface area contributed by atoms with Crippen LogP contribution < -0.4 is 5.32 Å². The molecule has 4 heteroatoms. The van der Waals surface area contributed by atoms with Gasteiger partial charge in [0, 0.05) is 24.0 Å². The molecule has 0 aliphatic carbocycles. The first kappa shape index (κ1) is 13.2. The number of aryl methyl sites for hydroxylation is 1. The fraction of sp³-hybridized carbons (Fsp3) is 0.357. The van der Waals surface area contributed by atoms with E-state index in [-0.39, 0.29) is 11.9 Å². The number of nitrogens with zero attached hydrogens (tertiary/aromatic N) is 1. The van der Waals surface area contributed by atoms with E-state index in [1.807, 2.05) is 17.5 Å². The van der Waals surface area contributed by atoms with Gasteiger partial charge in [-0.1, -0.05) is 19.1 Å². The molecule has 1 heterocycles. The molecule has 2 rings (SSSR count). The number of aromatic nitrogens is 1. The Kier molecular flexibility index (Phi) is 4.44. The zero-order valence-electron chi connectivity index (χ0n) is 10.6. The molecule has 0 bridgehead atoms. The summed E-state index contributed by atoms with van der Waals surface area (Å²) in [5.74, 6) is -0.144. The van der Waals surface area contributed by atoms with E-state index in [0.717, 1.165) is 23.5 Å². The number of hydrogen-bond donors (Lipinski definition) is 1. The summed E-state index contributed by atoms with van der Waals surface area (Å²) in [5.41, 5.74) is 1.67. The molecule has 0 radical (unpaired) electrons. The standard InChI is InChI=1S/C14H17FN2S/c1-3-16-13(9-14-17-6-7-18-14)11-5-4-10(2)12(15)8-11/h4-8,13,16H,3,9H2,1-2H3. The second-order valence-corrected chi connectivity index (χ2v) is 5.23. The van der Waals surface area contributed by atoms with Gasteiger partial charge in [-0.15, -0.1) is 11.3 Å². The fourth-order valence-electron chi connectivity index (χ4n) is 1.91. The maximum atomic E-state index is 13.6. The number of rotatable bonds is 5. The molecular formula is C14H17FN2S. The molecule has 18 heavy (non-hydrogen) atoms. The Morgan fingerprint density at radius 1 is 1.44 bits per heavy atom. The topological polar surface area (TPSA) is 24.9 Å². The predicted octanol–water partition coefficient (Wildman–Crippen LogP) is 3.48. The van der Waals surface area contributed by atoms with Crippen LogP contribution in [0.3, 0.4) is 0 Å². The lowest BCUT2D eigenvalue weighted by atomic mass is 10.0. The Balaban J connectivity index is 2.20. The first-order chi connectivity index (χ1) is 8.70. The molecule has 1 aromatic carbocycles. The van der Waals surface area contributed by atoms with Crippen LogP contribution in [-0.2, 0) is 6.42 Å².